The standard InChI is InChI=1S/C7H13NO/c1-6(8)4-3-5-7(2)9/h3-5,7,9H,8H2,1-2H3/b5-3-,6-4+/t7-/m1/s1. The lowest BCUT2D eigenvalue weighted by atomic mass is 10.3. The van der Waals surface area contributed by atoms with E-state index in [0.717, 1.165) is 5.70 Å². The van der Waals surface area contributed by atoms with Crippen LogP contribution in [-0.4, -0.2) is 11.2 Å². The fourth-order valence-corrected chi connectivity index (χ4v) is 0.368. The number of allylic oxidation sites excluding steroid dienone is 3. The van der Waals surface area contributed by atoms with Gasteiger partial charge in [0.25, 0.3) is 0 Å². The maximum Gasteiger partial charge on any atom is 0.0695 e. The summed E-state index contributed by atoms with van der Waals surface area (Å²) in [5, 5.41) is 8.71. The molecule has 52 valence electrons. The molecule has 0 aliphatic heterocycles. The Balaban J connectivity index is 3.60. The van der Waals surface area contributed by atoms with Crippen molar-refractivity contribution in [2.45, 2.75) is 20.0 Å². The van der Waals surface area contributed by atoms with Crippen LogP contribution in [-0.2, 0) is 0 Å². The second-order valence-electron chi connectivity index (χ2n) is 2.04. The van der Waals surface area contributed by atoms with Crippen LogP contribution in [0, 0.1) is 0 Å². The molecule has 0 heterocycles. The van der Waals surface area contributed by atoms with Crippen LogP contribution in [0.5, 0.6) is 0 Å². The fourth-order valence-electron chi connectivity index (χ4n) is 0.368. The van der Waals surface area contributed by atoms with Gasteiger partial charge in [0.15, 0.2) is 0 Å². The van der Waals surface area contributed by atoms with Gasteiger partial charge in [-0.1, -0.05) is 12.2 Å². The molecule has 0 spiro atoms. The van der Waals surface area contributed by atoms with Crippen LogP contribution in [0.3, 0.4) is 0 Å². The van der Waals surface area contributed by atoms with E-state index in [1.807, 2.05) is 0 Å². The van der Waals surface area contributed by atoms with E-state index < -0.39 is 0 Å². The van der Waals surface area contributed by atoms with E-state index in [-0.39, 0.29) is 6.10 Å². The molecule has 0 bridgehead atoms. The zero-order chi connectivity index (χ0) is 7.28. The van der Waals surface area contributed by atoms with Gasteiger partial charge in [0, 0.05) is 5.70 Å². The SMILES string of the molecule is C/C(N)=C\C=C/[C@@H](C)O. The van der Waals surface area contributed by atoms with E-state index in [4.69, 9.17) is 10.8 Å². The summed E-state index contributed by atoms with van der Waals surface area (Å²) in [5.41, 5.74) is 6.05. The minimum absolute atomic E-state index is 0.388. The van der Waals surface area contributed by atoms with Crippen molar-refractivity contribution >= 4 is 0 Å². The lowest BCUT2D eigenvalue weighted by Gasteiger charge is -1.89. The molecule has 1 atom stereocenters. The summed E-state index contributed by atoms with van der Waals surface area (Å²) < 4.78 is 0. The van der Waals surface area contributed by atoms with Crippen LogP contribution in [0.1, 0.15) is 13.8 Å². The summed E-state index contributed by atoms with van der Waals surface area (Å²) in [6, 6.07) is 0. The molecule has 3 N–H and O–H groups in total. The number of hydrogen-bond acceptors (Lipinski definition) is 2. The van der Waals surface area contributed by atoms with Crippen LogP contribution >= 0.6 is 0 Å². The smallest absolute Gasteiger partial charge is 0.0695 e. The molecule has 2 heteroatoms. The molecule has 0 aliphatic carbocycles. The molecule has 0 amide bonds. The van der Waals surface area contributed by atoms with Crippen molar-refractivity contribution in [1.82, 2.24) is 0 Å². The zero-order valence-electron chi connectivity index (χ0n) is 5.83. The highest BCUT2D eigenvalue weighted by molar-refractivity contribution is 5.08. The highest BCUT2D eigenvalue weighted by Crippen LogP contribution is 1.85. The highest BCUT2D eigenvalue weighted by Gasteiger charge is 1.80. The lowest BCUT2D eigenvalue weighted by molar-refractivity contribution is 0.244. The van der Waals surface area contributed by atoms with E-state index in [1.165, 1.54) is 0 Å². The summed E-state index contributed by atoms with van der Waals surface area (Å²) in [4.78, 5) is 0. The number of aliphatic hydroxyl groups excluding tert-OH is 1. The second kappa shape index (κ2) is 4.15. The number of aliphatic hydroxyl groups is 1. The lowest BCUT2D eigenvalue weighted by Crippen LogP contribution is -1.92. The number of nitrogens with two attached hydrogens (primary N) is 1. The van der Waals surface area contributed by atoms with Gasteiger partial charge in [-0.15, -0.1) is 0 Å². The first-order chi connectivity index (χ1) is 4.13. The maximum absolute atomic E-state index is 8.71. The van der Waals surface area contributed by atoms with Crippen molar-refractivity contribution in [2.24, 2.45) is 5.73 Å². The first-order valence-electron chi connectivity index (χ1n) is 2.91. The minimum Gasteiger partial charge on any atom is -0.402 e. The second-order valence-corrected chi connectivity index (χ2v) is 2.04. The van der Waals surface area contributed by atoms with Crippen LogP contribution in [0.25, 0.3) is 0 Å². The van der Waals surface area contributed by atoms with Crippen molar-refractivity contribution in [3.05, 3.63) is 23.9 Å². The molecule has 0 saturated carbocycles. The quantitative estimate of drug-likeness (QED) is 0.538. The molecule has 9 heavy (non-hydrogen) atoms. The third kappa shape index (κ3) is 7.24. The fraction of sp³-hybridized carbons (Fsp3) is 0.429. The van der Waals surface area contributed by atoms with Gasteiger partial charge in [-0.05, 0) is 19.9 Å². The van der Waals surface area contributed by atoms with Gasteiger partial charge < -0.3 is 10.8 Å². The Kier molecular flexibility index (Phi) is 3.80. The Morgan fingerprint density at radius 2 is 2.22 bits per heavy atom. The molecule has 0 unspecified atom stereocenters. The molecule has 0 fully saturated rings. The summed E-state index contributed by atoms with van der Waals surface area (Å²) in [5.74, 6) is 0. The predicted molar refractivity (Wildman–Crippen MR) is 38.8 cm³/mol. The van der Waals surface area contributed by atoms with E-state index in [1.54, 1.807) is 32.1 Å². The molecule has 0 aliphatic rings. The van der Waals surface area contributed by atoms with E-state index >= 15 is 0 Å². The third-order valence-corrected chi connectivity index (χ3v) is 0.749. The van der Waals surface area contributed by atoms with Gasteiger partial charge in [0.05, 0.1) is 6.10 Å². The Morgan fingerprint density at radius 1 is 1.67 bits per heavy atom. The topological polar surface area (TPSA) is 46.2 Å². The molecule has 0 aromatic carbocycles. The van der Waals surface area contributed by atoms with Crippen LogP contribution in [0.4, 0.5) is 0 Å². The Bertz CT molecular complexity index is 121. The molecular formula is C7H13NO. The molecule has 0 aromatic heterocycles. The Hall–Kier alpha value is -0.760. The Morgan fingerprint density at radius 3 is 2.56 bits per heavy atom. The van der Waals surface area contributed by atoms with Crippen molar-refractivity contribution in [3.8, 4) is 0 Å². The van der Waals surface area contributed by atoms with Crippen molar-refractivity contribution in [1.29, 1.82) is 0 Å². The summed E-state index contributed by atoms with van der Waals surface area (Å²) in [6.45, 7) is 3.49. The van der Waals surface area contributed by atoms with Crippen LogP contribution in [0.15, 0.2) is 23.9 Å². The van der Waals surface area contributed by atoms with E-state index in [2.05, 4.69) is 0 Å². The van der Waals surface area contributed by atoms with Gasteiger partial charge in [-0.3, -0.25) is 0 Å². The molecule has 0 rings (SSSR count). The average molecular weight is 127 g/mol. The Labute approximate surface area is 55.7 Å². The first-order valence-corrected chi connectivity index (χ1v) is 2.91. The van der Waals surface area contributed by atoms with Gasteiger partial charge >= 0.3 is 0 Å². The molecule has 0 aromatic rings. The largest absolute Gasteiger partial charge is 0.402 e. The summed E-state index contributed by atoms with van der Waals surface area (Å²) >= 11 is 0. The van der Waals surface area contributed by atoms with Gasteiger partial charge in [-0.2, -0.15) is 0 Å². The number of rotatable bonds is 2. The first kappa shape index (κ1) is 8.24. The van der Waals surface area contributed by atoms with Gasteiger partial charge in [-0.25, -0.2) is 0 Å². The maximum atomic E-state index is 8.71. The monoisotopic (exact) mass is 127 g/mol. The average Bonchev–Trinajstić information content (AvgIpc) is 1.63. The molecule has 0 radical (unpaired) electrons. The van der Waals surface area contributed by atoms with Crippen molar-refractivity contribution in [2.75, 3.05) is 0 Å². The summed E-state index contributed by atoms with van der Waals surface area (Å²) in [6.07, 6.45) is 4.75. The van der Waals surface area contributed by atoms with Crippen molar-refractivity contribution < 1.29 is 5.11 Å². The molecular weight excluding hydrogens is 114 g/mol. The van der Waals surface area contributed by atoms with Gasteiger partial charge in [0.2, 0.25) is 0 Å². The predicted octanol–water partition coefficient (Wildman–Crippen LogP) is 0.786. The molecule has 0 saturated heterocycles. The van der Waals surface area contributed by atoms with E-state index in [9.17, 15) is 0 Å². The van der Waals surface area contributed by atoms with Gasteiger partial charge in [0.1, 0.15) is 0 Å². The molecule has 2 nitrogen and oxygen atoms in total. The van der Waals surface area contributed by atoms with E-state index in [0.29, 0.717) is 0 Å². The summed E-state index contributed by atoms with van der Waals surface area (Å²) in [7, 11) is 0. The number of hydrogen-bond donors (Lipinski definition) is 2. The third-order valence-electron chi connectivity index (χ3n) is 0.749. The van der Waals surface area contributed by atoms with Crippen molar-refractivity contribution in [3.63, 3.8) is 0 Å². The normalized spacial score (nSPS) is 16.6. The van der Waals surface area contributed by atoms with Crippen LogP contribution in [0.2, 0.25) is 0 Å². The van der Waals surface area contributed by atoms with Crippen LogP contribution < -0.4 is 5.73 Å². The highest BCUT2D eigenvalue weighted by atomic mass is 16.3. The zero-order valence-corrected chi connectivity index (χ0v) is 5.83. The minimum atomic E-state index is -0.388.